The molecule has 1 heterocycles. The first-order valence-corrected chi connectivity index (χ1v) is 5.90. The van der Waals surface area contributed by atoms with Crippen LogP contribution >= 0.6 is 0 Å². The molecule has 18 heavy (non-hydrogen) atoms. The van der Waals surface area contributed by atoms with Gasteiger partial charge in [-0.15, -0.1) is 0 Å². The zero-order valence-electron chi connectivity index (χ0n) is 10.2. The lowest BCUT2D eigenvalue weighted by Gasteiger charge is -2.31. The van der Waals surface area contributed by atoms with E-state index < -0.39 is 11.6 Å². The normalized spacial score (nSPS) is 18.6. The molecule has 0 spiro atoms. The van der Waals surface area contributed by atoms with Crippen molar-refractivity contribution in [3.8, 4) is 0 Å². The molecule has 1 unspecified atom stereocenters. The fourth-order valence-corrected chi connectivity index (χ4v) is 2.02. The van der Waals surface area contributed by atoms with Gasteiger partial charge in [0.2, 0.25) is 0 Å². The lowest BCUT2D eigenvalue weighted by Crippen LogP contribution is -2.45. The van der Waals surface area contributed by atoms with Crippen LogP contribution in [0.15, 0.2) is 18.2 Å². The molecule has 5 heteroatoms. The van der Waals surface area contributed by atoms with Crippen LogP contribution in [0.4, 0.5) is 8.78 Å². The van der Waals surface area contributed by atoms with Crippen molar-refractivity contribution in [3.05, 3.63) is 35.4 Å². The Morgan fingerprint density at radius 2 is 1.94 bits per heavy atom. The van der Waals surface area contributed by atoms with Crippen molar-refractivity contribution in [2.45, 2.75) is 13.0 Å². The highest BCUT2D eigenvalue weighted by molar-refractivity contribution is 5.99. The van der Waals surface area contributed by atoms with Crippen molar-refractivity contribution >= 4 is 5.78 Å². The van der Waals surface area contributed by atoms with Crippen LogP contribution in [0.5, 0.6) is 0 Å². The number of morpholine rings is 1. The summed E-state index contributed by atoms with van der Waals surface area (Å²) in [6.07, 6.45) is 0. The molecule has 0 radical (unpaired) electrons. The Labute approximate surface area is 104 Å². The number of hydrogen-bond acceptors (Lipinski definition) is 3. The summed E-state index contributed by atoms with van der Waals surface area (Å²) in [5, 5.41) is 0. The van der Waals surface area contributed by atoms with Gasteiger partial charge in [0.05, 0.1) is 19.3 Å². The van der Waals surface area contributed by atoms with Gasteiger partial charge in [-0.25, -0.2) is 8.78 Å². The number of Topliss-reactive ketones (excluding diaryl/α,β-unsaturated/α-hetero) is 1. The summed E-state index contributed by atoms with van der Waals surface area (Å²) in [4.78, 5) is 14.1. The molecule has 1 aliphatic heterocycles. The van der Waals surface area contributed by atoms with Crippen LogP contribution in [-0.2, 0) is 4.74 Å². The van der Waals surface area contributed by atoms with Crippen molar-refractivity contribution in [1.29, 1.82) is 0 Å². The lowest BCUT2D eigenvalue weighted by molar-refractivity contribution is 0.0208. The molecule has 0 amide bonds. The molecule has 0 bridgehead atoms. The Morgan fingerprint density at radius 3 is 2.56 bits per heavy atom. The van der Waals surface area contributed by atoms with Crippen molar-refractivity contribution in [3.63, 3.8) is 0 Å². The number of ketones is 1. The number of carbonyl (C=O) groups excluding carboxylic acids is 1. The molecular weight excluding hydrogens is 240 g/mol. The van der Waals surface area contributed by atoms with Crippen LogP contribution in [0, 0.1) is 11.6 Å². The number of halogens is 2. The molecule has 1 saturated heterocycles. The third kappa shape index (κ3) is 2.73. The Kier molecular flexibility index (Phi) is 4.04. The number of nitrogens with zero attached hydrogens (tertiary/aromatic N) is 1. The Morgan fingerprint density at radius 1 is 1.28 bits per heavy atom. The molecule has 98 valence electrons. The number of rotatable bonds is 3. The van der Waals surface area contributed by atoms with E-state index in [1.54, 1.807) is 6.92 Å². The van der Waals surface area contributed by atoms with Crippen molar-refractivity contribution < 1.29 is 18.3 Å². The van der Waals surface area contributed by atoms with Crippen LogP contribution in [0.1, 0.15) is 17.3 Å². The third-order valence-corrected chi connectivity index (χ3v) is 3.18. The molecule has 1 fully saturated rings. The van der Waals surface area contributed by atoms with Gasteiger partial charge in [-0.2, -0.15) is 0 Å². The molecule has 0 saturated carbocycles. The maximum atomic E-state index is 13.1. The van der Waals surface area contributed by atoms with Crippen LogP contribution in [0.2, 0.25) is 0 Å². The quantitative estimate of drug-likeness (QED) is 0.772. The number of ether oxygens (including phenoxy) is 1. The minimum absolute atomic E-state index is 0.198. The van der Waals surface area contributed by atoms with E-state index in [2.05, 4.69) is 0 Å². The van der Waals surface area contributed by atoms with Crippen molar-refractivity contribution in [2.24, 2.45) is 0 Å². The fraction of sp³-hybridized carbons (Fsp3) is 0.462. The first-order valence-electron chi connectivity index (χ1n) is 5.90. The first-order chi connectivity index (χ1) is 8.59. The summed E-state index contributed by atoms with van der Waals surface area (Å²) >= 11 is 0. The van der Waals surface area contributed by atoms with Gasteiger partial charge in [-0.3, -0.25) is 9.69 Å². The van der Waals surface area contributed by atoms with Gasteiger partial charge < -0.3 is 4.74 Å². The molecule has 0 N–H and O–H groups in total. The third-order valence-electron chi connectivity index (χ3n) is 3.18. The lowest BCUT2D eigenvalue weighted by atomic mass is 10.0. The summed E-state index contributed by atoms with van der Waals surface area (Å²) in [6, 6.07) is 2.90. The highest BCUT2D eigenvalue weighted by Gasteiger charge is 2.24. The van der Waals surface area contributed by atoms with E-state index in [4.69, 9.17) is 4.74 Å². The average Bonchev–Trinajstić information content (AvgIpc) is 2.41. The monoisotopic (exact) mass is 255 g/mol. The molecule has 1 aromatic rings. The Balaban J connectivity index is 2.11. The summed E-state index contributed by atoms with van der Waals surface area (Å²) in [5.74, 6) is -2.13. The molecule has 1 aromatic carbocycles. The van der Waals surface area contributed by atoms with Crippen molar-refractivity contribution in [1.82, 2.24) is 4.90 Å². The van der Waals surface area contributed by atoms with E-state index in [1.807, 2.05) is 4.90 Å². The standard InChI is InChI=1S/C13H15F2NO2/c1-9(16-4-6-18-7-5-16)13(17)10-2-3-11(14)12(15)8-10/h2-3,8-9H,4-7H2,1H3. The molecule has 1 aliphatic rings. The van der Waals surface area contributed by atoms with Crippen LogP contribution < -0.4 is 0 Å². The maximum Gasteiger partial charge on any atom is 0.179 e. The second kappa shape index (κ2) is 5.54. The highest BCUT2D eigenvalue weighted by Crippen LogP contribution is 2.14. The topological polar surface area (TPSA) is 29.5 Å². The molecule has 0 aromatic heterocycles. The van der Waals surface area contributed by atoms with Gasteiger partial charge in [0.15, 0.2) is 17.4 Å². The SMILES string of the molecule is CC(C(=O)c1ccc(F)c(F)c1)N1CCOCC1. The maximum absolute atomic E-state index is 13.1. The minimum Gasteiger partial charge on any atom is -0.379 e. The molecule has 1 atom stereocenters. The van der Waals surface area contributed by atoms with E-state index in [0.29, 0.717) is 26.3 Å². The second-order valence-corrected chi connectivity index (χ2v) is 4.32. The van der Waals surface area contributed by atoms with Crippen molar-refractivity contribution in [2.75, 3.05) is 26.3 Å². The molecular formula is C13H15F2NO2. The van der Waals surface area contributed by atoms with Gasteiger partial charge in [0.25, 0.3) is 0 Å². The van der Waals surface area contributed by atoms with Gasteiger partial charge >= 0.3 is 0 Å². The predicted molar refractivity (Wildman–Crippen MR) is 62.5 cm³/mol. The van der Waals surface area contributed by atoms with E-state index in [0.717, 1.165) is 12.1 Å². The van der Waals surface area contributed by atoms with Gasteiger partial charge in [0, 0.05) is 18.7 Å². The van der Waals surface area contributed by atoms with E-state index in [1.165, 1.54) is 6.07 Å². The van der Waals surface area contributed by atoms with Gasteiger partial charge in [0.1, 0.15) is 0 Å². The predicted octanol–water partition coefficient (Wildman–Crippen LogP) is 1.87. The Bertz CT molecular complexity index is 445. The number of hydrogen-bond donors (Lipinski definition) is 0. The largest absolute Gasteiger partial charge is 0.379 e. The second-order valence-electron chi connectivity index (χ2n) is 4.32. The number of benzene rings is 1. The summed E-state index contributed by atoms with van der Waals surface area (Å²) in [6.45, 7) is 4.31. The van der Waals surface area contributed by atoms with Crippen LogP contribution in [0.25, 0.3) is 0 Å². The van der Waals surface area contributed by atoms with E-state index >= 15 is 0 Å². The van der Waals surface area contributed by atoms with E-state index in [9.17, 15) is 13.6 Å². The smallest absolute Gasteiger partial charge is 0.179 e. The van der Waals surface area contributed by atoms with Gasteiger partial charge in [-0.1, -0.05) is 0 Å². The molecule has 2 rings (SSSR count). The summed E-state index contributed by atoms with van der Waals surface area (Å²) in [7, 11) is 0. The average molecular weight is 255 g/mol. The summed E-state index contributed by atoms with van der Waals surface area (Å²) < 4.78 is 31.1. The summed E-state index contributed by atoms with van der Waals surface area (Å²) in [5.41, 5.74) is 0.202. The number of carbonyl (C=O) groups is 1. The Hall–Kier alpha value is -1.33. The van der Waals surface area contributed by atoms with Gasteiger partial charge in [-0.05, 0) is 25.1 Å². The zero-order chi connectivity index (χ0) is 13.1. The first kappa shape index (κ1) is 13.1. The van der Waals surface area contributed by atoms with Crippen LogP contribution in [0.3, 0.4) is 0 Å². The molecule has 0 aliphatic carbocycles. The zero-order valence-corrected chi connectivity index (χ0v) is 10.2. The minimum atomic E-state index is -0.991. The van der Waals surface area contributed by atoms with Crippen LogP contribution in [-0.4, -0.2) is 43.0 Å². The van der Waals surface area contributed by atoms with E-state index in [-0.39, 0.29) is 17.4 Å². The molecule has 3 nitrogen and oxygen atoms in total. The fourth-order valence-electron chi connectivity index (χ4n) is 2.02. The highest BCUT2D eigenvalue weighted by atomic mass is 19.2.